The molecule has 4 aromatic rings. The van der Waals surface area contributed by atoms with E-state index in [0.717, 1.165) is 28.8 Å². The fourth-order valence-electron chi connectivity index (χ4n) is 3.11. The zero-order valence-corrected chi connectivity index (χ0v) is 18.9. The molecule has 0 fully saturated rings. The molecule has 1 heterocycles. The number of hydrogen-bond acceptors (Lipinski definition) is 4. The molecule has 0 bridgehead atoms. The minimum Gasteiger partial charge on any atom is -0.494 e. The highest BCUT2D eigenvalue weighted by molar-refractivity contribution is 7.80. The zero-order chi connectivity index (χ0) is 22.5. The molecule has 0 spiro atoms. The van der Waals surface area contributed by atoms with Crippen LogP contribution in [-0.2, 0) is 0 Å². The standard InChI is InChI=1S/C24H21ClN4O2S/c1-2-13-31-17-10-7-15(8-11-17)23(30)29-24(32)28-21-14-16(9-12-18(21)25)22-26-19-5-3-4-6-20(19)27-22/h3-12,14H,2,13H2,1H3,(H,26,27)(H2,28,29,30,32). The Hall–Kier alpha value is -3.42. The normalized spacial score (nSPS) is 10.7. The van der Waals surface area contributed by atoms with Crippen molar-refractivity contribution in [3.05, 3.63) is 77.3 Å². The van der Waals surface area contributed by atoms with E-state index in [0.29, 0.717) is 28.7 Å². The Morgan fingerprint density at radius 1 is 1.12 bits per heavy atom. The van der Waals surface area contributed by atoms with Crippen LogP contribution in [0.25, 0.3) is 22.4 Å². The van der Waals surface area contributed by atoms with E-state index in [2.05, 4.69) is 20.6 Å². The van der Waals surface area contributed by atoms with Gasteiger partial charge in [-0.05, 0) is 73.2 Å². The van der Waals surface area contributed by atoms with Crippen molar-refractivity contribution < 1.29 is 9.53 Å². The van der Waals surface area contributed by atoms with E-state index in [-0.39, 0.29) is 11.0 Å². The summed E-state index contributed by atoms with van der Waals surface area (Å²) in [5, 5.41) is 6.28. The van der Waals surface area contributed by atoms with E-state index in [9.17, 15) is 4.79 Å². The van der Waals surface area contributed by atoms with Gasteiger partial charge in [0, 0.05) is 11.1 Å². The predicted molar refractivity (Wildman–Crippen MR) is 132 cm³/mol. The fourth-order valence-corrected chi connectivity index (χ4v) is 3.48. The fraction of sp³-hybridized carbons (Fsp3) is 0.125. The number of imidazole rings is 1. The molecular weight excluding hydrogens is 444 g/mol. The second-order valence-electron chi connectivity index (χ2n) is 7.08. The number of H-pyrrole nitrogens is 1. The second-order valence-corrected chi connectivity index (χ2v) is 7.89. The summed E-state index contributed by atoms with van der Waals surface area (Å²) in [6.07, 6.45) is 0.919. The van der Waals surface area contributed by atoms with Gasteiger partial charge in [-0.1, -0.05) is 30.7 Å². The Kier molecular flexibility index (Phi) is 6.68. The summed E-state index contributed by atoms with van der Waals surface area (Å²) in [7, 11) is 0. The third kappa shape index (κ3) is 5.07. The number of ether oxygens (including phenoxy) is 1. The van der Waals surface area contributed by atoms with Crippen LogP contribution in [0.5, 0.6) is 5.75 Å². The van der Waals surface area contributed by atoms with Gasteiger partial charge < -0.3 is 15.0 Å². The Morgan fingerprint density at radius 3 is 2.66 bits per heavy atom. The van der Waals surface area contributed by atoms with Gasteiger partial charge in [-0.15, -0.1) is 0 Å². The van der Waals surface area contributed by atoms with Gasteiger partial charge in [0.25, 0.3) is 5.91 Å². The molecule has 0 aliphatic carbocycles. The van der Waals surface area contributed by atoms with Crippen molar-refractivity contribution in [3.63, 3.8) is 0 Å². The number of carbonyl (C=O) groups excluding carboxylic acids is 1. The van der Waals surface area contributed by atoms with Crippen LogP contribution < -0.4 is 15.4 Å². The van der Waals surface area contributed by atoms with Gasteiger partial charge in [-0.2, -0.15) is 0 Å². The second kappa shape index (κ2) is 9.80. The van der Waals surface area contributed by atoms with Crippen LogP contribution in [0, 0.1) is 0 Å². The maximum absolute atomic E-state index is 12.5. The number of fused-ring (bicyclic) bond motifs is 1. The van der Waals surface area contributed by atoms with Crippen molar-refractivity contribution in [2.75, 3.05) is 11.9 Å². The molecule has 0 saturated carbocycles. The minimum absolute atomic E-state index is 0.143. The number of amides is 1. The first-order valence-corrected chi connectivity index (χ1v) is 10.9. The Morgan fingerprint density at radius 2 is 1.91 bits per heavy atom. The first kappa shape index (κ1) is 21.8. The molecule has 0 aliphatic rings. The van der Waals surface area contributed by atoms with Crippen molar-refractivity contribution in [2.24, 2.45) is 0 Å². The summed E-state index contributed by atoms with van der Waals surface area (Å²) in [6, 6.07) is 20.2. The van der Waals surface area contributed by atoms with Crippen molar-refractivity contribution in [3.8, 4) is 17.1 Å². The first-order chi connectivity index (χ1) is 15.5. The van der Waals surface area contributed by atoms with Gasteiger partial charge in [0.05, 0.1) is 28.4 Å². The SMILES string of the molecule is CCCOc1ccc(C(=O)NC(=S)Nc2cc(-c3nc4ccccc4[nH]3)ccc2Cl)cc1. The van der Waals surface area contributed by atoms with Gasteiger partial charge >= 0.3 is 0 Å². The maximum Gasteiger partial charge on any atom is 0.257 e. The molecule has 3 aromatic carbocycles. The predicted octanol–water partition coefficient (Wildman–Crippen LogP) is 5.80. The number of benzene rings is 3. The van der Waals surface area contributed by atoms with Crippen molar-refractivity contribution in [1.82, 2.24) is 15.3 Å². The largest absolute Gasteiger partial charge is 0.494 e. The summed E-state index contributed by atoms with van der Waals surface area (Å²) in [4.78, 5) is 20.4. The van der Waals surface area contributed by atoms with E-state index >= 15 is 0 Å². The van der Waals surface area contributed by atoms with Crippen LogP contribution in [0.2, 0.25) is 5.02 Å². The highest BCUT2D eigenvalue weighted by Gasteiger charge is 2.12. The van der Waals surface area contributed by atoms with E-state index in [1.54, 1.807) is 30.3 Å². The third-order valence-electron chi connectivity index (χ3n) is 4.69. The van der Waals surface area contributed by atoms with E-state index in [1.165, 1.54) is 0 Å². The lowest BCUT2D eigenvalue weighted by Crippen LogP contribution is -2.34. The number of halogens is 1. The van der Waals surface area contributed by atoms with Crippen LogP contribution in [0.15, 0.2) is 66.7 Å². The lowest BCUT2D eigenvalue weighted by molar-refractivity contribution is 0.0977. The van der Waals surface area contributed by atoms with E-state index < -0.39 is 0 Å². The number of aromatic amines is 1. The van der Waals surface area contributed by atoms with Crippen LogP contribution >= 0.6 is 23.8 Å². The number of rotatable bonds is 6. The molecule has 1 amide bonds. The lowest BCUT2D eigenvalue weighted by Gasteiger charge is -2.12. The molecule has 0 unspecified atom stereocenters. The summed E-state index contributed by atoms with van der Waals surface area (Å²) in [6.45, 7) is 2.67. The van der Waals surface area contributed by atoms with Crippen molar-refractivity contribution >= 4 is 51.6 Å². The molecule has 6 nitrogen and oxygen atoms in total. The number of aromatic nitrogens is 2. The highest BCUT2D eigenvalue weighted by Crippen LogP contribution is 2.28. The zero-order valence-electron chi connectivity index (χ0n) is 17.3. The molecule has 0 saturated heterocycles. The molecule has 3 N–H and O–H groups in total. The summed E-state index contributed by atoms with van der Waals surface area (Å²) in [5.41, 5.74) is 3.70. The van der Waals surface area contributed by atoms with Crippen molar-refractivity contribution in [2.45, 2.75) is 13.3 Å². The molecule has 8 heteroatoms. The average Bonchev–Trinajstić information content (AvgIpc) is 3.23. The number of thiocarbonyl (C=S) groups is 1. The van der Waals surface area contributed by atoms with E-state index in [4.69, 9.17) is 28.6 Å². The number of nitrogens with one attached hydrogen (secondary N) is 3. The number of nitrogens with zero attached hydrogens (tertiary/aromatic N) is 1. The summed E-state index contributed by atoms with van der Waals surface area (Å²) in [5.74, 6) is 1.11. The Bertz CT molecular complexity index is 1240. The lowest BCUT2D eigenvalue weighted by atomic mass is 10.2. The van der Waals surface area contributed by atoms with Crippen LogP contribution in [-0.4, -0.2) is 27.6 Å². The smallest absolute Gasteiger partial charge is 0.257 e. The first-order valence-electron chi connectivity index (χ1n) is 10.1. The quantitative estimate of drug-likeness (QED) is 0.314. The molecule has 0 aliphatic heterocycles. The van der Waals surface area contributed by atoms with Crippen molar-refractivity contribution in [1.29, 1.82) is 0 Å². The molecule has 32 heavy (non-hydrogen) atoms. The number of anilines is 1. The Balaban J connectivity index is 1.44. The van der Waals surface area contributed by atoms with Gasteiger partial charge in [-0.3, -0.25) is 10.1 Å². The maximum atomic E-state index is 12.5. The highest BCUT2D eigenvalue weighted by atomic mass is 35.5. The molecule has 0 atom stereocenters. The molecule has 4 rings (SSSR count). The van der Waals surface area contributed by atoms with Crippen LogP contribution in [0.4, 0.5) is 5.69 Å². The molecular formula is C24H21ClN4O2S. The van der Waals surface area contributed by atoms with Crippen LogP contribution in [0.3, 0.4) is 0 Å². The monoisotopic (exact) mass is 464 g/mol. The summed E-state index contributed by atoms with van der Waals surface area (Å²) >= 11 is 11.7. The minimum atomic E-state index is -0.325. The molecule has 1 aromatic heterocycles. The molecule has 0 radical (unpaired) electrons. The average molecular weight is 465 g/mol. The van der Waals surface area contributed by atoms with Gasteiger partial charge in [-0.25, -0.2) is 4.98 Å². The van der Waals surface area contributed by atoms with Crippen LogP contribution in [0.1, 0.15) is 23.7 Å². The molecule has 162 valence electrons. The number of para-hydroxylation sites is 2. The summed E-state index contributed by atoms with van der Waals surface area (Å²) < 4.78 is 5.54. The Labute approximate surface area is 196 Å². The third-order valence-corrected chi connectivity index (χ3v) is 5.23. The van der Waals surface area contributed by atoms with Gasteiger partial charge in [0.2, 0.25) is 0 Å². The van der Waals surface area contributed by atoms with Gasteiger partial charge in [0.15, 0.2) is 5.11 Å². The number of carbonyl (C=O) groups is 1. The topological polar surface area (TPSA) is 79.0 Å². The number of hydrogen-bond donors (Lipinski definition) is 3. The van der Waals surface area contributed by atoms with Gasteiger partial charge in [0.1, 0.15) is 11.6 Å². The van der Waals surface area contributed by atoms with E-state index in [1.807, 2.05) is 43.3 Å².